The molecule has 5 heteroatoms. The van der Waals surface area contributed by atoms with Gasteiger partial charge in [0.25, 0.3) is 0 Å². The zero-order valence-corrected chi connectivity index (χ0v) is 13.2. The summed E-state index contributed by atoms with van der Waals surface area (Å²) in [5.74, 6) is 1.78. The van der Waals surface area contributed by atoms with Crippen molar-refractivity contribution in [1.29, 1.82) is 0 Å². The number of halogens is 1. The summed E-state index contributed by atoms with van der Waals surface area (Å²) < 4.78 is 5.87. The van der Waals surface area contributed by atoms with Crippen LogP contribution in [0.3, 0.4) is 0 Å². The second kappa shape index (κ2) is 7.79. The number of aromatic nitrogens is 2. The number of anilines is 1. The standard InChI is InChI=1S/C15H24ClN3O/c1-3-6-14-17-13(16)10-15(18-14)19-8-5-7-12(11-19)20-9-4-2/h10,12H,3-9,11H2,1-2H3. The molecule has 2 rings (SSSR count). The first-order valence-corrected chi connectivity index (χ1v) is 8.00. The summed E-state index contributed by atoms with van der Waals surface area (Å²) in [5.41, 5.74) is 0. The molecule has 112 valence electrons. The molecule has 20 heavy (non-hydrogen) atoms. The van der Waals surface area contributed by atoms with Crippen LogP contribution in [0.25, 0.3) is 0 Å². The molecule has 1 aliphatic heterocycles. The van der Waals surface area contributed by atoms with Crippen LogP contribution < -0.4 is 4.90 Å². The Bertz CT molecular complexity index is 428. The predicted octanol–water partition coefficient (Wildman–Crippen LogP) is 3.48. The minimum absolute atomic E-state index is 0.312. The summed E-state index contributed by atoms with van der Waals surface area (Å²) in [6.07, 6.45) is 5.55. The van der Waals surface area contributed by atoms with Crippen LogP contribution in [0.5, 0.6) is 0 Å². The molecule has 0 radical (unpaired) electrons. The Kier molecular flexibility index (Phi) is 6.05. The van der Waals surface area contributed by atoms with Gasteiger partial charge in [0.05, 0.1) is 6.10 Å². The molecule has 4 nitrogen and oxygen atoms in total. The number of nitrogens with zero attached hydrogens (tertiary/aromatic N) is 3. The van der Waals surface area contributed by atoms with Crippen molar-refractivity contribution in [3.63, 3.8) is 0 Å². The number of hydrogen-bond donors (Lipinski definition) is 0. The number of aryl methyl sites for hydroxylation is 1. The minimum atomic E-state index is 0.312. The molecule has 0 N–H and O–H groups in total. The fourth-order valence-corrected chi connectivity index (χ4v) is 2.71. The molecule has 0 spiro atoms. The van der Waals surface area contributed by atoms with Crippen LogP contribution in [0.1, 0.15) is 45.4 Å². The van der Waals surface area contributed by atoms with Gasteiger partial charge in [-0.15, -0.1) is 0 Å². The van der Waals surface area contributed by atoms with Crippen molar-refractivity contribution in [1.82, 2.24) is 9.97 Å². The van der Waals surface area contributed by atoms with Crippen LogP contribution in [0.4, 0.5) is 5.82 Å². The highest BCUT2D eigenvalue weighted by Gasteiger charge is 2.22. The molecule has 1 aromatic heterocycles. The molecule has 1 aromatic rings. The fourth-order valence-electron chi connectivity index (χ4n) is 2.52. The fraction of sp³-hybridized carbons (Fsp3) is 0.733. The predicted molar refractivity (Wildman–Crippen MR) is 82.5 cm³/mol. The van der Waals surface area contributed by atoms with Gasteiger partial charge in [-0.05, 0) is 25.7 Å². The maximum absolute atomic E-state index is 6.12. The molecular weight excluding hydrogens is 274 g/mol. The molecule has 0 saturated carbocycles. The lowest BCUT2D eigenvalue weighted by atomic mass is 10.1. The summed E-state index contributed by atoms with van der Waals surface area (Å²) >= 11 is 6.12. The van der Waals surface area contributed by atoms with Crippen LogP contribution in [-0.4, -0.2) is 35.8 Å². The highest BCUT2D eigenvalue weighted by molar-refractivity contribution is 6.29. The van der Waals surface area contributed by atoms with Gasteiger partial charge < -0.3 is 9.64 Å². The first-order chi connectivity index (χ1) is 9.72. The van der Waals surface area contributed by atoms with Crippen LogP contribution >= 0.6 is 11.6 Å². The third-order valence-electron chi connectivity index (χ3n) is 3.46. The van der Waals surface area contributed by atoms with Gasteiger partial charge in [-0.3, -0.25) is 0 Å². The molecule has 0 bridgehead atoms. The SMILES string of the molecule is CCCOC1CCCN(c2cc(Cl)nc(CCC)n2)C1. The van der Waals surface area contributed by atoms with E-state index in [1.807, 2.05) is 6.07 Å². The molecular formula is C15H24ClN3O. The number of piperidine rings is 1. The van der Waals surface area contributed by atoms with Gasteiger partial charge in [-0.2, -0.15) is 0 Å². The van der Waals surface area contributed by atoms with E-state index < -0.39 is 0 Å². The van der Waals surface area contributed by atoms with Gasteiger partial charge >= 0.3 is 0 Å². The first-order valence-electron chi connectivity index (χ1n) is 7.63. The monoisotopic (exact) mass is 297 g/mol. The van der Waals surface area contributed by atoms with E-state index in [0.717, 1.165) is 63.4 Å². The van der Waals surface area contributed by atoms with Gasteiger partial charge in [-0.25, -0.2) is 9.97 Å². The quantitative estimate of drug-likeness (QED) is 0.754. The largest absolute Gasteiger partial charge is 0.376 e. The summed E-state index contributed by atoms with van der Waals surface area (Å²) in [6.45, 7) is 7.02. The summed E-state index contributed by atoms with van der Waals surface area (Å²) in [6, 6.07) is 1.86. The Hall–Kier alpha value is -0.870. The molecule has 1 atom stereocenters. The molecule has 1 saturated heterocycles. The van der Waals surface area contributed by atoms with Crippen LogP contribution in [0.15, 0.2) is 6.07 Å². The molecule has 1 aliphatic rings. The smallest absolute Gasteiger partial charge is 0.134 e. The Morgan fingerprint density at radius 2 is 2.20 bits per heavy atom. The van der Waals surface area contributed by atoms with Crippen molar-refractivity contribution in [3.8, 4) is 0 Å². The highest BCUT2D eigenvalue weighted by atomic mass is 35.5. The lowest BCUT2D eigenvalue weighted by molar-refractivity contribution is 0.0439. The Balaban J connectivity index is 2.05. The van der Waals surface area contributed by atoms with Gasteiger partial charge in [-0.1, -0.05) is 25.4 Å². The summed E-state index contributed by atoms with van der Waals surface area (Å²) in [4.78, 5) is 11.2. The number of rotatable bonds is 6. The third kappa shape index (κ3) is 4.32. The van der Waals surface area contributed by atoms with Crippen LogP contribution in [0.2, 0.25) is 5.15 Å². The van der Waals surface area contributed by atoms with E-state index in [1.165, 1.54) is 0 Å². The average Bonchev–Trinajstić information content (AvgIpc) is 2.45. The van der Waals surface area contributed by atoms with Crippen molar-refractivity contribution in [2.75, 3.05) is 24.6 Å². The lowest BCUT2D eigenvalue weighted by Crippen LogP contribution is -2.40. The van der Waals surface area contributed by atoms with E-state index in [2.05, 4.69) is 28.7 Å². The maximum atomic E-state index is 6.12. The molecule has 1 fully saturated rings. The number of hydrogen-bond acceptors (Lipinski definition) is 4. The van der Waals surface area contributed by atoms with Gasteiger partial charge in [0, 0.05) is 32.2 Å². The van der Waals surface area contributed by atoms with E-state index in [1.54, 1.807) is 0 Å². The summed E-state index contributed by atoms with van der Waals surface area (Å²) in [7, 11) is 0. The molecule has 0 amide bonds. The van der Waals surface area contributed by atoms with E-state index in [-0.39, 0.29) is 0 Å². The minimum Gasteiger partial charge on any atom is -0.376 e. The Morgan fingerprint density at radius 3 is 2.95 bits per heavy atom. The van der Waals surface area contributed by atoms with E-state index in [4.69, 9.17) is 16.3 Å². The zero-order chi connectivity index (χ0) is 14.4. The molecule has 0 aromatic carbocycles. The highest BCUT2D eigenvalue weighted by Crippen LogP contribution is 2.22. The molecule has 0 aliphatic carbocycles. The van der Waals surface area contributed by atoms with Crippen molar-refractivity contribution in [3.05, 3.63) is 17.0 Å². The van der Waals surface area contributed by atoms with Crippen molar-refractivity contribution in [2.45, 2.75) is 52.1 Å². The lowest BCUT2D eigenvalue weighted by Gasteiger charge is -2.33. The van der Waals surface area contributed by atoms with Crippen LogP contribution in [0, 0.1) is 0 Å². The second-order valence-electron chi connectivity index (χ2n) is 5.30. The van der Waals surface area contributed by atoms with E-state index >= 15 is 0 Å². The van der Waals surface area contributed by atoms with Crippen LogP contribution in [-0.2, 0) is 11.2 Å². The average molecular weight is 298 g/mol. The van der Waals surface area contributed by atoms with Crippen molar-refractivity contribution >= 4 is 17.4 Å². The van der Waals surface area contributed by atoms with E-state index in [0.29, 0.717) is 11.3 Å². The second-order valence-corrected chi connectivity index (χ2v) is 5.68. The normalized spacial score (nSPS) is 19.4. The van der Waals surface area contributed by atoms with Crippen molar-refractivity contribution in [2.24, 2.45) is 0 Å². The van der Waals surface area contributed by atoms with E-state index in [9.17, 15) is 0 Å². The number of ether oxygens (including phenoxy) is 1. The first kappa shape index (κ1) is 15.5. The third-order valence-corrected chi connectivity index (χ3v) is 3.65. The zero-order valence-electron chi connectivity index (χ0n) is 12.4. The maximum Gasteiger partial charge on any atom is 0.134 e. The van der Waals surface area contributed by atoms with Gasteiger partial charge in [0.15, 0.2) is 0 Å². The molecule has 1 unspecified atom stereocenters. The summed E-state index contributed by atoms with van der Waals surface area (Å²) in [5, 5.41) is 0.537. The van der Waals surface area contributed by atoms with Crippen molar-refractivity contribution < 1.29 is 4.74 Å². The Labute approximate surface area is 126 Å². The Morgan fingerprint density at radius 1 is 1.35 bits per heavy atom. The van der Waals surface area contributed by atoms with Gasteiger partial charge in [0.1, 0.15) is 16.8 Å². The van der Waals surface area contributed by atoms with Gasteiger partial charge in [0.2, 0.25) is 0 Å². The molecule has 2 heterocycles. The topological polar surface area (TPSA) is 38.2 Å².